The van der Waals surface area contributed by atoms with Crippen LogP contribution in [-0.2, 0) is 14.9 Å². The molecule has 0 bridgehead atoms. The summed E-state index contributed by atoms with van der Waals surface area (Å²) in [5, 5.41) is 7.05. The normalized spacial score (nSPS) is 11.0. The molecule has 2 heterocycles. The van der Waals surface area contributed by atoms with E-state index in [4.69, 9.17) is 21.1 Å². The van der Waals surface area contributed by atoms with Gasteiger partial charge < -0.3 is 20.1 Å². The molecule has 0 radical (unpaired) electrons. The highest BCUT2D eigenvalue weighted by molar-refractivity contribution is 6.30. The largest absolute Gasteiger partial charge is 0.383 e. The molecule has 2 rings (SSSR count). The molecule has 8 heteroatoms. The van der Waals surface area contributed by atoms with E-state index in [0.717, 1.165) is 17.0 Å². The Balaban J connectivity index is 2.34. The molecule has 0 amide bonds. The van der Waals surface area contributed by atoms with Gasteiger partial charge in [0.15, 0.2) is 0 Å². The summed E-state index contributed by atoms with van der Waals surface area (Å²) >= 11 is 5.95. The summed E-state index contributed by atoms with van der Waals surface area (Å²) in [5.41, 5.74) is 1.92. The van der Waals surface area contributed by atoms with Crippen molar-refractivity contribution < 1.29 is 9.47 Å². The van der Waals surface area contributed by atoms with Crippen LogP contribution < -0.4 is 10.6 Å². The average Bonchev–Trinajstić information content (AvgIpc) is 2.68. The number of halogens is 1. The van der Waals surface area contributed by atoms with Crippen molar-refractivity contribution in [1.82, 2.24) is 15.0 Å². The van der Waals surface area contributed by atoms with E-state index in [1.54, 1.807) is 20.4 Å². The number of aromatic nitrogens is 3. The highest BCUT2D eigenvalue weighted by atomic mass is 35.5. The molecule has 156 valence electrons. The Morgan fingerprint density at radius 1 is 1.07 bits per heavy atom. The van der Waals surface area contributed by atoms with E-state index in [2.05, 4.69) is 37.4 Å². The third-order valence-corrected chi connectivity index (χ3v) is 4.37. The third-order valence-electron chi connectivity index (χ3n) is 4.15. The number of hydrogen-bond acceptors (Lipinski definition) is 7. The van der Waals surface area contributed by atoms with Crippen molar-refractivity contribution in [3.8, 4) is 11.8 Å². The number of ether oxygens (including phenoxy) is 2. The lowest BCUT2D eigenvalue weighted by Gasteiger charge is -2.17. The van der Waals surface area contributed by atoms with E-state index < -0.39 is 5.41 Å². The lowest BCUT2D eigenvalue weighted by molar-refractivity contribution is 0.210. The number of nitrogens with zero attached hydrogens (tertiary/aromatic N) is 3. The number of rotatable bonds is 9. The van der Waals surface area contributed by atoms with E-state index in [1.807, 2.05) is 32.9 Å². The predicted molar refractivity (Wildman–Crippen MR) is 117 cm³/mol. The summed E-state index contributed by atoms with van der Waals surface area (Å²) in [5.74, 6) is 7.76. The maximum atomic E-state index is 5.95. The molecule has 0 aliphatic rings. The molecule has 0 saturated heterocycles. The molecule has 0 aliphatic heterocycles. The van der Waals surface area contributed by atoms with Gasteiger partial charge in [-0.3, -0.25) is 4.98 Å². The molecule has 0 spiro atoms. The summed E-state index contributed by atoms with van der Waals surface area (Å²) in [7, 11) is 3.31. The van der Waals surface area contributed by atoms with Crippen LogP contribution in [0.3, 0.4) is 0 Å². The van der Waals surface area contributed by atoms with Gasteiger partial charge in [0.1, 0.15) is 5.82 Å². The summed E-state index contributed by atoms with van der Waals surface area (Å²) in [6.45, 7) is 8.31. The summed E-state index contributed by atoms with van der Waals surface area (Å²) in [4.78, 5) is 13.5. The minimum absolute atomic E-state index is 0.462. The van der Waals surface area contributed by atoms with Crippen LogP contribution in [-0.4, -0.2) is 55.5 Å². The van der Waals surface area contributed by atoms with Crippen LogP contribution in [0.2, 0.25) is 5.02 Å². The number of hydrogen-bond donors (Lipinski definition) is 2. The molecule has 0 aromatic carbocycles. The minimum Gasteiger partial charge on any atom is -0.383 e. The molecule has 0 fully saturated rings. The van der Waals surface area contributed by atoms with Crippen LogP contribution in [0.15, 0.2) is 18.3 Å². The molecule has 29 heavy (non-hydrogen) atoms. The van der Waals surface area contributed by atoms with Crippen LogP contribution in [0.5, 0.6) is 0 Å². The van der Waals surface area contributed by atoms with Crippen LogP contribution in [0.1, 0.15) is 30.8 Å². The second-order valence-electron chi connectivity index (χ2n) is 6.93. The van der Waals surface area contributed by atoms with Gasteiger partial charge in [-0.2, -0.15) is 4.98 Å². The highest BCUT2D eigenvalue weighted by Gasteiger charge is 2.20. The van der Waals surface area contributed by atoms with Gasteiger partial charge in [0.25, 0.3) is 0 Å². The van der Waals surface area contributed by atoms with E-state index >= 15 is 0 Å². The first-order valence-electron chi connectivity index (χ1n) is 9.37. The zero-order valence-electron chi connectivity index (χ0n) is 17.6. The molecule has 2 aromatic heterocycles. The molecule has 2 N–H and O–H groups in total. The van der Waals surface area contributed by atoms with Gasteiger partial charge in [0.2, 0.25) is 5.95 Å². The topological polar surface area (TPSA) is 81.2 Å². The Morgan fingerprint density at radius 3 is 2.38 bits per heavy atom. The molecule has 2 aromatic rings. The van der Waals surface area contributed by atoms with Crippen LogP contribution >= 0.6 is 11.6 Å². The van der Waals surface area contributed by atoms with Gasteiger partial charge in [0.05, 0.1) is 40.6 Å². The summed E-state index contributed by atoms with van der Waals surface area (Å²) in [6.07, 6.45) is 1.63. The van der Waals surface area contributed by atoms with E-state index in [1.165, 1.54) is 0 Å². The van der Waals surface area contributed by atoms with Gasteiger partial charge in [0, 0.05) is 33.5 Å². The van der Waals surface area contributed by atoms with Crippen LogP contribution in [0, 0.1) is 18.8 Å². The SMILES string of the molecule is COCCNc1nc(C)c(C#CC(C)(C)c2ccc(Cl)cn2)c(NCCOC)n1. The minimum atomic E-state index is -0.462. The van der Waals surface area contributed by atoms with Crippen molar-refractivity contribution in [3.63, 3.8) is 0 Å². The molecule has 0 unspecified atom stereocenters. The molecular formula is C21H28ClN5O2. The Labute approximate surface area is 177 Å². The second kappa shape index (κ2) is 11.0. The quantitative estimate of drug-likeness (QED) is 0.478. The number of aryl methyl sites for hydroxylation is 1. The Bertz CT molecular complexity index is 860. The molecule has 7 nitrogen and oxygen atoms in total. The van der Waals surface area contributed by atoms with Crippen molar-refractivity contribution in [2.24, 2.45) is 0 Å². The lowest BCUT2D eigenvalue weighted by Crippen LogP contribution is -2.17. The fourth-order valence-corrected chi connectivity index (χ4v) is 2.61. The van der Waals surface area contributed by atoms with Gasteiger partial charge in [-0.1, -0.05) is 23.4 Å². The summed E-state index contributed by atoms with van der Waals surface area (Å²) in [6, 6.07) is 3.71. The number of methoxy groups -OCH3 is 2. The molecular weight excluding hydrogens is 390 g/mol. The van der Waals surface area contributed by atoms with Gasteiger partial charge in [-0.05, 0) is 32.9 Å². The van der Waals surface area contributed by atoms with Crippen molar-refractivity contribution in [2.75, 3.05) is 51.2 Å². The predicted octanol–water partition coefficient (Wildman–Crippen LogP) is 3.28. The third kappa shape index (κ3) is 6.86. The van der Waals surface area contributed by atoms with Crippen LogP contribution in [0.25, 0.3) is 0 Å². The number of nitrogens with one attached hydrogen (secondary N) is 2. The number of anilines is 2. The van der Waals surface area contributed by atoms with Gasteiger partial charge >= 0.3 is 0 Å². The van der Waals surface area contributed by atoms with Crippen molar-refractivity contribution in [3.05, 3.63) is 40.3 Å². The van der Waals surface area contributed by atoms with E-state index in [-0.39, 0.29) is 0 Å². The van der Waals surface area contributed by atoms with Crippen molar-refractivity contribution >= 4 is 23.4 Å². The zero-order chi connectivity index (χ0) is 21.3. The lowest BCUT2D eigenvalue weighted by atomic mass is 9.89. The first-order chi connectivity index (χ1) is 13.9. The van der Waals surface area contributed by atoms with Crippen LogP contribution in [0.4, 0.5) is 11.8 Å². The first-order valence-corrected chi connectivity index (χ1v) is 9.74. The van der Waals surface area contributed by atoms with Gasteiger partial charge in [-0.25, -0.2) is 4.98 Å². The monoisotopic (exact) mass is 417 g/mol. The first kappa shape index (κ1) is 22.9. The van der Waals surface area contributed by atoms with Crippen molar-refractivity contribution in [2.45, 2.75) is 26.2 Å². The summed E-state index contributed by atoms with van der Waals surface area (Å²) < 4.78 is 10.2. The highest BCUT2D eigenvalue weighted by Crippen LogP contribution is 2.23. The maximum Gasteiger partial charge on any atom is 0.225 e. The Morgan fingerprint density at radius 2 is 1.76 bits per heavy atom. The van der Waals surface area contributed by atoms with E-state index in [9.17, 15) is 0 Å². The van der Waals surface area contributed by atoms with E-state index in [0.29, 0.717) is 43.1 Å². The zero-order valence-corrected chi connectivity index (χ0v) is 18.4. The Kier molecular flexibility index (Phi) is 8.65. The molecule has 0 atom stereocenters. The average molecular weight is 418 g/mol. The second-order valence-corrected chi connectivity index (χ2v) is 7.37. The fourth-order valence-electron chi connectivity index (χ4n) is 2.49. The number of pyridine rings is 1. The van der Waals surface area contributed by atoms with Crippen molar-refractivity contribution in [1.29, 1.82) is 0 Å². The smallest absolute Gasteiger partial charge is 0.225 e. The maximum absolute atomic E-state index is 5.95. The van der Waals surface area contributed by atoms with Gasteiger partial charge in [-0.15, -0.1) is 0 Å². The Hall–Kier alpha value is -2.40. The standard InChI is InChI=1S/C21H28ClN5O2/c1-15-17(8-9-21(2,3)18-7-6-16(22)14-25-18)19(23-10-12-28-4)27-20(26-15)24-11-13-29-5/h6-7,14H,10-13H2,1-5H3,(H2,23,24,26,27). The molecule has 0 saturated carbocycles. The molecule has 0 aliphatic carbocycles. The fraction of sp³-hybridized carbons (Fsp3) is 0.476.